The summed E-state index contributed by atoms with van der Waals surface area (Å²) in [6, 6.07) is 0. The highest BCUT2D eigenvalue weighted by Crippen LogP contribution is 2.08. The van der Waals surface area contributed by atoms with E-state index in [0.29, 0.717) is 6.54 Å². The molecule has 0 aromatic rings. The molecule has 0 heterocycles. The van der Waals surface area contributed by atoms with E-state index in [1.165, 1.54) is 38.0 Å². The standard InChI is InChI=1S/C13H20N2O2/c16-12-14-10-8-6-4-2-1-3-5-7-9-11-15-13-17/h8,10H,1-7,9,11H2. The van der Waals surface area contributed by atoms with Crippen molar-refractivity contribution in [2.24, 2.45) is 9.98 Å². The van der Waals surface area contributed by atoms with Crippen molar-refractivity contribution >= 4 is 12.2 Å². The first-order chi connectivity index (χ1) is 8.41. The van der Waals surface area contributed by atoms with E-state index >= 15 is 0 Å². The molecule has 0 fully saturated rings. The van der Waals surface area contributed by atoms with Crippen LogP contribution < -0.4 is 0 Å². The van der Waals surface area contributed by atoms with Crippen LogP contribution in [0.15, 0.2) is 22.3 Å². The second-order valence-electron chi connectivity index (χ2n) is 3.84. The Morgan fingerprint density at radius 2 is 1.47 bits per heavy atom. The van der Waals surface area contributed by atoms with Crippen LogP contribution in [0, 0.1) is 0 Å². The number of aliphatic imine (C=N–C) groups is 2. The van der Waals surface area contributed by atoms with Crippen LogP contribution in [0.5, 0.6) is 0 Å². The minimum atomic E-state index is 0.617. The first-order valence-corrected chi connectivity index (χ1v) is 6.17. The van der Waals surface area contributed by atoms with Gasteiger partial charge >= 0.3 is 0 Å². The molecule has 4 heteroatoms. The number of unbranched alkanes of at least 4 members (excludes halogenated alkanes) is 7. The van der Waals surface area contributed by atoms with E-state index in [1.54, 1.807) is 6.08 Å². The van der Waals surface area contributed by atoms with Crippen LogP contribution in [0.1, 0.15) is 51.4 Å². The molecule has 0 N–H and O–H groups in total. The third-order valence-electron chi connectivity index (χ3n) is 2.44. The molecule has 0 aromatic carbocycles. The number of hydrogen-bond donors (Lipinski definition) is 0. The second kappa shape index (κ2) is 14.5. The summed E-state index contributed by atoms with van der Waals surface area (Å²) < 4.78 is 0. The van der Waals surface area contributed by atoms with Crippen LogP contribution in [0.25, 0.3) is 0 Å². The van der Waals surface area contributed by atoms with Crippen LogP contribution in [0.2, 0.25) is 0 Å². The molecular weight excluding hydrogens is 216 g/mol. The van der Waals surface area contributed by atoms with Crippen LogP contribution in [0.4, 0.5) is 0 Å². The highest BCUT2D eigenvalue weighted by atomic mass is 16.1. The van der Waals surface area contributed by atoms with E-state index < -0.39 is 0 Å². The van der Waals surface area contributed by atoms with Gasteiger partial charge in [-0.1, -0.05) is 38.2 Å². The van der Waals surface area contributed by atoms with Crippen molar-refractivity contribution in [3.63, 3.8) is 0 Å². The maximum absolute atomic E-state index is 9.78. The smallest absolute Gasteiger partial charge is 0.211 e. The Morgan fingerprint density at radius 3 is 2.12 bits per heavy atom. The second-order valence-corrected chi connectivity index (χ2v) is 3.84. The molecule has 0 rings (SSSR count). The number of allylic oxidation sites excluding steroid dienone is 1. The zero-order valence-electron chi connectivity index (χ0n) is 10.2. The molecule has 0 saturated carbocycles. The lowest BCUT2D eigenvalue weighted by molar-refractivity contribution is 0.558. The first kappa shape index (κ1) is 15.5. The average Bonchev–Trinajstić information content (AvgIpc) is 2.35. The SMILES string of the molecule is O=C=NC=CCCCCCCCCCN=C=O. The third kappa shape index (κ3) is 14.5. The summed E-state index contributed by atoms with van der Waals surface area (Å²) in [4.78, 5) is 26.4. The molecule has 0 spiro atoms. The Kier molecular flexibility index (Phi) is 13.2. The van der Waals surface area contributed by atoms with Crippen molar-refractivity contribution in [3.8, 4) is 0 Å². The molecule has 0 aliphatic carbocycles. The number of hydrogen-bond acceptors (Lipinski definition) is 4. The van der Waals surface area contributed by atoms with Crippen LogP contribution in [-0.4, -0.2) is 18.7 Å². The highest BCUT2D eigenvalue weighted by molar-refractivity contribution is 5.34. The van der Waals surface area contributed by atoms with Gasteiger partial charge in [-0.05, 0) is 19.3 Å². The van der Waals surface area contributed by atoms with Gasteiger partial charge in [0.2, 0.25) is 12.2 Å². The summed E-state index contributed by atoms with van der Waals surface area (Å²) in [5, 5.41) is 0. The molecule has 0 aliphatic heterocycles. The van der Waals surface area contributed by atoms with Crippen molar-refractivity contribution in [2.45, 2.75) is 51.4 Å². The van der Waals surface area contributed by atoms with Gasteiger partial charge < -0.3 is 0 Å². The van der Waals surface area contributed by atoms with Gasteiger partial charge in [-0.15, -0.1) is 0 Å². The molecule has 0 bridgehead atoms. The Bertz CT molecular complexity index is 288. The topological polar surface area (TPSA) is 58.9 Å². The van der Waals surface area contributed by atoms with E-state index in [2.05, 4.69) is 9.98 Å². The summed E-state index contributed by atoms with van der Waals surface area (Å²) in [6.45, 7) is 0.617. The average molecular weight is 236 g/mol. The molecule has 0 saturated heterocycles. The molecule has 0 aliphatic rings. The molecule has 17 heavy (non-hydrogen) atoms. The van der Waals surface area contributed by atoms with Crippen molar-refractivity contribution in [3.05, 3.63) is 12.3 Å². The number of rotatable bonds is 11. The van der Waals surface area contributed by atoms with Crippen molar-refractivity contribution in [1.29, 1.82) is 0 Å². The van der Waals surface area contributed by atoms with E-state index in [-0.39, 0.29) is 0 Å². The van der Waals surface area contributed by atoms with Crippen LogP contribution in [0.3, 0.4) is 0 Å². The number of carbonyl (C=O) groups excluding carboxylic acids is 2. The Balaban J connectivity index is 3.08. The van der Waals surface area contributed by atoms with Crippen LogP contribution in [-0.2, 0) is 9.59 Å². The predicted molar refractivity (Wildman–Crippen MR) is 67.2 cm³/mol. The minimum Gasteiger partial charge on any atom is -0.211 e. The van der Waals surface area contributed by atoms with E-state index in [4.69, 9.17) is 0 Å². The van der Waals surface area contributed by atoms with Gasteiger partial charge in [0, 0.05) is 6.20 Å². The normalized spacial score (nSPS) is 9.88. The lowest BCUT2D eigenvalue weighted by atomic mass is 10.1. The molecule has 0 aromatic heterocycles. The summed E-state index contributed by atoms with van der Waals surface area (Å²) in [5.41, 5.74) is 0. The van der Waals surface area contributed by atoms with Crippen molar-refractivity contribution in [1.82, 2.24) is 0 Å². The Labute approximate surface area is 103 Å². The third-order valence-corrected chi connectivity index (χ3v) is 2.44. The largest absolute Gasteiger partial charge is 0.239 e. The zero-order chi connectivity index (χ0) is 12.6. The molecule has 0 radical (unpaired) electrons. The lowest BCUT2D eigenvalue weighted by Gasteiger charge is -1.99. The minimum absolute atomic E-state index is 0.617. The highest BCUT2D eigenvalue weighted by Gasteiger charge is 1.90. The molecular formula is C13H20N2O2. The summed E-state index contributed by atoms with van der Waals surface area (Å²) in [7, 11) is 0. The van der Waals surface area contributed by atoms with E-state index in [1.807, 2.05) is 6.08 Å². The molecule has 0 unspecified atom stereocenters. The van der Waals surface area contributed by atoms with Gasteiger partial charge in [0.05, 0.1) is 6.54 Å². The predicted octanol–water partition coefficient (Wildman–Crippen LogP) is 3.29. The number of nitrogens with zero attached hydrogens (tertiary/aromatic N) is 2. The monoisotopic (exact) mass is 236 g/mol. The van der Waals surface area contributed by atoms with Gasteiger partial charge in [-0.3, -0.25) is 0 Å². The van der Waals surface area contributed by atoms with Gasteiger partial charge in [0.1, 0.15) is 0 Å². The first-order valence-electron chi connectivity index (χ1n) is 6.17. The van der Waals surface area contributed by atoms with Gasteiger partial charge in [0.25, 0.3) is 0 Å². The zero-order valence-corrected chi connectivity index (χ0v) is 10.2. The molecule has 0 atom stereocenters. The summed E-state index contributed by atoms with van der Waals surface area (Å²) >= 11 is 0. The molecule has 4 nitrogen and oxygen atoms in total. The van der Waals surface area contributed by atoms with Gasteiger partial charge in [-0.2, -0.15) is 4.99 Å². The van der Waals surface area contributed by atoms with Gasteiger partial charge in [-0.25, -0.2) is 14.6 Å². The summed E-state index contributed by atoms with van der Waals surface area (Å²) in [5.74, 6) is 0. The van der Waals surface area contributed by atoms with E-state index in [9.17, 15) is 9.59 Å². The summed E-state index contributed by atoms with van der Waals surface area (Å²) in [6.07, 6.45) is 15.5. The fourth-order valence-corrected chi connectivity index (χ4v) is 1.54. The maximum Gasteiger partial charge on any atom is 0.239 e. The molecule has 0 amide bonds. The fourth-order valence-electron chi connectivity index (χ4n) is 1.54. The fraction of sp³-hybridized carbons (Fsp3) is 0.692. The maximum atomic E-state index is 9.78. The van der Waals surface area contributed by atoms with Crippen molar-refractivity contribution in [2.75, 3.05) is 6.54 Å². The van der Waals surface area contributed by atoms with E-state index in [0.717, 1.165) is 25.7 Å². The quantitative estimate of drug-likeness (QED) is 0.314. The Morgan fingerprint density at radius 1 is 0.824 bits per heavy atom. The van der Waals surface area contributed by atoms with Crippen molar-refractivity contribution < 1.29 is 9.59 Å². The van der Waals surface area contributed by atoms with Crippen LogP contribution >= 0.6 is 0 Å². The lowest BCUT2D eigenvalue weighted by Crippen LogP contribution is -1.83. The Hall–Kier alpha value is -1.50. The van der Waals surface area contributed by atoms with Gasteiger partial charge in [0.15, 0.2) is 0 Å². The number of isocyanates is 2. The molecule has 94 valence electrons.